The molecule has 0 aromatic carbocycles. The molecule has 0 unspecified atom stereocenters. The molecule has 0 amide bonds. The summed E-state index contributed by atoms with van der Waals surface area (Å²) in [5.41, 5.74) is 0. The fraction of sp³-hybridized carbons (Fsp3) is 0.667. The summed E-state index contributed by atoms with van der Waals surface area (Å²) < 4.78 is 0. The zero-order valence-electron chi connectivity index (χ0n) is 5.91. The van der Waals surface area contributed by atoms with E-state index < -0.39 is 0 Å². The Morgan fingerprint density at radius 1 is 1.50 bits per heavy atom. The van der Waals surface area contributed by atoms with E-state index in [4.69, 9.17) is 0 Å². The molecule has 1 N–H and O–H groups in total. The molecule has 0 aliphatic carbocycles. The van der Waals surface area contributed by atoms with Crippen LogP contribution in [0.15, 0.2) is 0 Å². The second-order valence-electron chi connectivity index (χ2n) is 1.31. The molecule has 0 bridgehead atoms. The van der Waals surface area contributed by atoms with Crippen molar-refractivity contribution in [1.82, 2.24) is 5.32 Å². The van der Waals surface area contributed by atoms with Crippen molar-refractivity contribution in [3.05, 3.63) is 14.4 Å². The summed E-state index contributed by atoms with van der Waals surface area (Å²) in [5.74, 6) is 0. The van der Waals surface area contributed by atoms with Crippen molar-refractivity contribution in [2.24, 2.45) is 0 Å². The van der Waals surface area contributed by atoms with Gasteiger partial charge in [0.05, 0.1) is 0 Å². The average Bonchev–Trinajstić information content (AvgIpc) is 1.61. The molecule has 0 aliphatic rings. The van der Waals surface area contributed by atoms with Gasteiger partial charge in [0.1, 0.15) is 0 Å². The van der Waals surface area contributed by atoms with Gasteiger partial charge in [0.15, 0.2) is 0 Å². The quantitative estimate of drug-likeness (QED) is 0.522. The normalized spacial score (nSPS) is 6.75. The minimum absolute atomic E-state index is 0. The Balaban J connectivity index is -0.000000125. The third-order valence-corrected chi connectivity index (χ3v) is 0.677. The monoisotopic (exact) mass is 190 g/mol. The molecule has 0 heterocycles. The molecule has 1 nitrogen and oxygen atoms in total. The fourth-order valence-corrected chi connectivity index (χ4v) is 0.302. The zero-order chi connectivity index (χ0) is 4.83. The molecule has 2 heteroatoms. The molecule has 0 aromatic heterocycles. The molecule has 0 saturated heterocycles. The van der Waals surface area contributed by atoms with Crippen LogP contribution in [0.25, 0.3) is 0 Å². The van der Waals surface area contributed by atoms with Crippen LogP contribution in [0, 0.1) is 14.4 Å². The number of hydrogen-bond donors (Lipinski definition) is 1. The van der Waals surface area contributed by atoms with Crippen molar-refractivity contribution in [3.8, 4) is 0 Å². The maximum absolute atomic E-state index is 3.68. The molecular weight excluding hydrogens is 175 g/mol. The molecule has 0 aromatic rings. The van der Waals surface area contributed by atoms with Crippen molar-refractivity contribution >= 4 is 0 Å². The average molecular weight is 190 g/mol. The maximum Gasteiger partial charge on any atom is 0 e. The topological polar surface area (TPSA) is 12.0 Å². The van der Waals surface area contributed by atoms with Gasteiger partial charge in [-0.05, 0) is 13.6 Å². The van der Waals surface area contributed by atoms with Crippen LogP contribution in [0.2, 0.25) is 0 Å². The maximum atomic E-state index is 3.68. The predicted octanol–water partition coefficient (Wildman–Crippen LogP) is 1.27. The van der Waals surface area contributed by atoms with Gasteiger partial charge in [0.2, 0.25) is 0 Å². The van der Waals surface area contributed by atoms with Crippen LogP contribution < -0.4 is 5.32 Å². The smallest absolute Gasteiger partial charge is 0 e. The first kappa shape index (κ1) is 16.0. The van der Waals surface area contributed by atoms with E-state index in [2.05, 4.69) is 12.2 Å². The van der Waals surface area contributed by atoms with Gasteiger partial charge < -0.3 is 19.7 Å². The molecule has 0 rings (SSSR count). The van der Waals surface area contributed by atoms with Gasteiger partial charge >= 0.3 is 0 Å². The Morgan fingerprint density at radius 3 is 2.12 bits per heavy atom. The summed E-state index contributed by atoms with van der Waals surface area (Å²) in [5, 5.41) is 3.03. The molecule has 8 heavy (non-hydrogen) atoms. The van der Waals surface area contributed by atoms with Crippen LogP contribution in [0.5, 0.6) is 0 Å². The molecule has 0 saturated carbocycles. The minimum Gasteiger partial charge on any atom is -0.358 e. The van der Waals surface area contributed by atoms with Crippen molar-refractivity contribution in [2.45, 2.75) is 12.8 Å². The standard InChI is InChI=1S/C5H12N.CH3.Y/c1-3-4-5-6-2;;/h6H,1,3-5H2,2H3;1H3;/q2*-1;. The molecule has 0 spiro atoms. The Hall–Kier alpha value is 1.06. The van der Waals surface area contributed by atoms with E-state index in [-0.39, 0.29) is 40.1 Å². The largest absolute Gasteiger partial charge is 0.358 e. The minimum atomic E-state index is 0. The van der Waals surface area contributed by atoms with Gasteiger partial charge in [-0.3, -0.25) is 0 Å². The summed E-state index contributed by atoms with van der Waals surface area (Å²) in [4.78, 5) is 0. The SMILES string of the molecule is [CH2-]CCCNC.[CH3-].[Y]. The number of rotatable bonds is 3. The summed E-state index contributed by atoms with van der Waals surface area (Å²) in [7, 11) is 1.95. The molecule has 1 radical (unpaired) electrons. The first-order valence-electron chi connectivity index (χ1n) is 2.35. The van der Waals surface area contributed by atoms with E-state index in [1.54, 1.807) is 0 Å². The second kappa shape index (κ2) is 15.7. The number of nitrogens with one attached hydrogen (secondary N) is 1. The molecule has 0 aliphatic heterocycles. The third kappa shape index (κ3) is 15.7. The number of hydrogen-bond acceptors (Lipinski definition) is 1. The van der Waals surface area contributed by atoms with E-state index in [0.29, 0.717) is 0 Å². The van der Waals surface area contributed by atoms with Crippen LogP contribution in [0.4, 0.5) is 0 Å². The van der Waals surface area contributed by atoms with Gasteiger partial charge in [-0.15, -0.1) is 0 Å². The van der Waals surface area contributed by atoms with Gasteiger partial charge in [0, 0.05) is 32.7 Å². The summed E-state index contributed by atoms with van der Waals surface area (Å²) in [6, 6.07) is 0. The molecule has 0 fully saturated rings. The Labute approximate surface area is 78.5 Å². The Bertz CT molecular complexity index is 20.5. The molecular formula is C6H15NY-2. The van der Waals surface area contributed by atoms with Gasteiger partial charge in [-0.2, -0.15) is 6.42 Å². The van der Waals surface area contributed by atoms with E-state index >= 15 is 0 Å². The van der Waals surface area contributed by atoms with E-state index in [0.717, 1.165) is 13.0 Å². The van der Waals surface area contributed by atoms with Crippen LogP contribution in [-0.4, -0.2) is 13.6 Å². The Kier molecular flexibility index (Phi) is 31.4. The summed E-state index contributed by atoms with van der Waals surface area (Å²) in [6.07, 6.45) is 2.23. The molecule has 0 atom stereocenters. The van der Waals surface area contributed by atoms with Gasteiger partial charge in [-0.25, -0.2) is 0 Å². The van der Waals surface area contributed by atoms with Gasteiger partial charge in [0.25, 0.3) is 0 Å². The van der Waals surface area contributed by atoms with E-state index in [1.807, 2.05) is 7.05 Å². The Morgan fingerprint density at radius 2 is 2.00 bits per heavy atom. The number of unbranched alkanes of at least 4 members (excludes halogenated alkanes) is 1. The second-order valence-corrected chi connectivity index (χ2v) is 1.31. The van der Waals surface area contributed by atoms with Crippen molar-refractivity contribution < 1.29 is 32.7 Å². The first-order chi connectivity index (χ1) is 2.91. The van der Waals surface area contributed by atoms with E-state index in [1.165, 1.54) is 6.42 Å². The van der Waals surface area contributed by atoms with Crippen molar-refractivity contribution in [2.75, 3.05) is 13.6 Å². The van der Waals surface area contributed by atoms with Gasteiger partial charge in [-0.1, -0.05) is 6.42 Å². The predicted molar refractivity (Wildman–Crippen MR) is 34.9 cm³/mol. The fourth-order valence-electron chi connectivity index (χ4n) is 0.302. The van der Waals surface area contributed by atoms with Crippen LogP contribution in [-0.2, 0) is 32.7 Å². The van der Waals surface area contributed by atoms with E-state index in [9.17, 15) is 0 Å². The zero-order valence-corrected chi connectivity index (χ0v) is 8.74. The first-order valence-corrected chi connectivity index (χ1v) is 2.35. The summed E-state index contributed by atoms with van der Waals surface area (Å²) >= 11 is 0. The molecule has 49 valence electrons. The van der Waals surface area contributed by atoms with Crippen LogP contribution >= 0.6 is 0 Å². The third-order valence-electron chi connectivity index (χ3n) is 0.677. The van der Waals surface area contributed by atoms with Crippen molar-refractivity contribution in [1.29, 1.82) is 0 Å². The summed E-state index contributed by atoms with van der Waals surface area (Å²) in [6.45, 7) is 4.78. The van der Waals surface area contributed by atoms with Crippen LogP contribution in [0.1, 0.15) is 12.8 Å². The van der Waals surface area contributed by atoms with Crippen molar-refractivity contribution in [3.63, 3.8) is 0 Å². The van der Waals surface area contributed by atoms with Crippen LogP contribution in [0.3, 0.4) is 0 Å².